The van der Waals surface area contributed by atoms with E-state index < -0.39 is 6.04 Å². The number of anilines is 1. The minimum Gasteiger partial charge on any atom is -0.497 e. The third-order valence-electron chi connectivity index (χ3n) is 5.12. The Bertz CT molecular complexity index is 812. The zero-order valence-electron chi connectivity index (χ0n) is 16.3. The summed E-state index contributed by atoms with van der Waals surface area (Å²) in [5.41, 5.74) is 2.69. The molecule has 5 heteroatoms. The molecule has 0 aliphatic carbocycles. The maximum Gasteiger partial charge on any atom is 0.254 e. The van der Waals surface area contributed by atoms with E-state index in [9.17, 15) is 9.59 Å². The van der Waals surface area contributed by atoms with Crippen LogP contribution in [-0.2, 0) is 4.79 Å². The van der Waals surface area contributed by atoms with Crippen LogP contribution in [0.15, 0.2) is 48.5 Å². The van der Waals surface area contributed by atoms with Gasteiger partial charge in [0.15, 0.2) is 0 Å². The van der Waals surface area contributed by atoms with Gasteiger partial charge in [0.2, 0.25) is 5.91 Å². The van der Waals surface area contributed by atoms with E-state index in [2.05, 4.69) is 26.0 Å². The average molecular weight is 366 g/mol. The van der Waals surface area contributed by atoms with Crippen molar-refractivity contribution in [1.82, 2.24) is 4.90 Å². The molecule has 0 N–H and O–H groups in total. The molecule has 2 amide bonds. The highest BCUT2D eigenvalue weighted by Crippen LogP contribution is 2.24. The summed E-state index contributed by atoms with van der Waals surface area (Å²) in [4.78, 5) is 29.1. The molecule has 1 unspecified atom stereocenters. The van der Waals surface area contributed by atoms with Crippen molar-refractivity contribution >= 4 is 17.5 Å². The summed E-state index contributed by atoms with van der Waals surface area (Å²) < 4.78 is 5.13. The number of methoxy groups -OCH3 is 1. The van der Waals surface area contributed by atoms with E-state index in [-0.39, 0.29) is 11.8 Å². The molecule has 2 aromatic rings. The molecule has 0 spiro atoms. The molecule has 1 aliphatic heterocycles. The zero-order chi connectivity index (χ0) is 19.6. The van der Waals surface area contributed by atoms with Crippen molar-refractivity contribution in [2.75, 3.05) is 25.1 Å². The van der Waals surface area contributed by atoms with E-state index in [1.54, 1.807) is 48.1 Å². The number of rotatable bonds is 4. The topological polar surface area (TPSA) is 49.9 Å². The van der Waals surface area contributed by atoms with Gasteiger partial charge in [0.1, 0.15) is 11.8 Å². The van der Waals surface area contributed by atoms with Gasteiger partial charge >= 0.3 is 0 Å². The number of piperazine rings is 1. The normalized spacial score (nSPS) is 17.4. The molecule has 1 heterocycles. The SMILES string of the molecule is COc1ccc(C(=O)N2CCN(c3ccc(C(C)C)cc3)C(=O)C2C)cc1. The second-order valence-electron chi connectivity index (χ2n) is 7.14. The molecule has 1 saturated heterocycles. The Kier molecular flexibility index (Phi) is 5.49. The second-order valence-corrected chi connectivity index (χ2v) is 7.14. The van der Waals surface area contributed by atoms with Crippen LogP contribution in [0, 0.1) is 0 Å². The van der Waals surface area contributed by atoms with Gasteiger partial charge in [-0.2, -0.15) is 0 Å². The Morgan fingerprint density at radius 1 is 1.04 bits per heavy atom. The number of nitrogens with zero attached hydrogens (tertiary/aromatic N) is 2. The molecular formula is C22H26N2O3. The lowest BCUT2D eigenvalue weighted by molar-refractivity contribution is -0.124. The van der Waals surface area contributed by atoms with Crippen molar-refractivity contribution in [2.45, 2.75) is 32.7 Å². The first kappa shape index (κ1) is 19.0. The Morgan fingerprint density at radius 3 is 2.22 bits per heavy atom. The van der Waals surface area contributed by atoms with Gasteiger partial charge in [0.05, 0.1) is 7.11 Å². The summed E-state index contributed by atoms with van der Waals surface area (Å²) in [6.07, 6.45) is 0. The van der Waals surface area contributed by atoms with Crippen molar-refractivity contribution < 1.29 is 14.3 Å². The van der Waals surface area contributed by atoms with Crippen molar-refractivity contribution in [3.8, 4) is 5.75 Å². The lowest BCUT2D eigenvalue weighted by Crippen LogP contribution is -2.57. The predicted molar refractivity (Wildman–Crippen MR) is 106 cm³/mol. The zero-order valence-corrected chi connectivity index (χ0v) is 16.3. The highest BCUT2D eigenvalue weighted by molar-refractivity contribution is 6.03. The number of hydrogen-bond donors (Lipinski definition) is 0. The first-order chi connectivity index (χ1) is 12.9. The minimum atomic E-state index is -0.502. The Morgan fingerprint density at radius 2 is 1.67 bits per heavy atom. The smallest absolute Gasteiger partial charge is 0.254 e. The number of carbonyl (C=O) groups is 2. The van der Waals surface area contributed by atoms with E-state index >= 15 is 0 Å². The molecule has 27 heavy (non-hydrogen) atoms. The van der Waals surface area contributed by atoms with Gasteiger partial charge in [-0.3, -0.25) is 9.59 Å². The van der Waals surface area contributed by atoms with E-state index in [0.717, 1.165) is 5.69 Å². The number of hydrogen-bond acceptors (Lipinski definition) is 3. The van der Waals surface area contributed by atoms with Crippen LogP contribution >= 0.6 is 0 Å². The van der Waals surface area contributed by atoms with Crippen LogP contribution in [0.1, 0.15) is 42.6 Å². The standard InChI is InChI=1S/C22H26N2O3/c1-15(2)17-5-9-19(10-6-17)24-14-13-23(16(3)21(24)25)22(26)18-7-11-20(27-4)12-8-18/h5-12,15-16H,13-14H2,1-4H3. The van der Waals surface area contributed by atoms with E-state index in [0.29, 0.717) is 30.3 Å². The van der Waals surface area contributed by atoms with Crippen molar-refractivity contribution in [3.63, 3.8) is 0 Å². The fourth-order valence-electron chi connectivity index (χ4n) is 3.34. The van der Waals surface area contributed by atoms with Gasteiger partial charge in [-0.15, -0.1) is 0 Å². The summed E-state index contributed by atoms with van der Waals surface area (Å²) >= 11 is 0. The quantitative estimate of drug-likeness (QED) is 0.829. The molecule has 0 aromatic heterocycles. The third kappa shape index (κ3) is 3.82. The summed E-state index contributed by atoms with van der Waals surface area (Å²) in [6, 6.07) is 14.6. The number of benzene rings is 2. The monoisotopic (exact) mass is 366 g/mol. The molecule has 0 saturated carbocycles. The van der Waals surface area contributed by atoms with Crippen LogP contribution in [0.2, 0.25) is 0 Å². The van der Waals surface area contributed by atoms with Crippen LogP contribution < -0.4 is 9.64 Å². The molecule has 142 valence electrons. The maximum atomic E-state index is 12.9. The molecule has 3 rings (SSSR count). The summed E-state index contributed by atoms with van der Waals surface area (Å²) in [5, 5.41) is 0. The van der Waals surface area contributed by atoms with Gasteiger partial charge in [0.25, 0.3) is 5.91 Å². The van der Waals surface area contributed by atoms with Gasteiger partial charge < -0.3 is 14.5 Å². The van der Waals surface area contributed by atoms with Gasteiger partial charge in [0, 0.05) is 24.3 Å². The van der Waals surface area contributed by atoms with Crippen molar-refractivity contribution in [2.24, 2.45) is 0 Å². The van der Waals surface area contributed by atoms with E-state index in [1.807, 2.05) is 12.1 Å². The van der Waals surface area contributed by atoms with Crippen LogP contribution in [-0.4, -0.2) is 43.0 Å². The molecule has 2 aromatic carbocycles. The van der Waals surface area contributed by atoms with E-state index in [4.69, 9.17) is 4.74 Å². The highest BCUT2D eigenvalue weighted by Gasteiger charge is 2.35. The molecule has 1 aliphatic rings. The number of carbonyl (C=O) groups excluding carboxylic acids is 2. The Labute approximate surface area is 160 Å². The fourth-order valence-corrected chi connectivity index (χ4v) is 3.34. The van der Waals surface area contributed by atoms with Crippen LogP contribution in [0.25, 0.3) is 0 Å². The van der Waals surface area contributed by atoms with Gasteiger partial charge in [-0.1, -0.05) is 26.0 Å². The summed E-state index contributed by atoms with van der Waals surface area (Å²) in [6.45, 7) is 7.08. The average Bonchev–Trinajstić information content (AvgIpc) is 2.69. The number of amides is 2. The Hall–Kier alpha value is -2.82. The first-order valence-electron chi connectivity index (χ1n) is 9.28. The Balaban J connectivity index is 1.74. The predicted octanol–water partition coefficient (Wildman–Crippen LogP) is 3.70. The highest BCUT2D eigenvalue weighted by atomic mass is 16.5. The van der Waals surface area contributed by atoms with Crippen LogP contribution in [0.4, 0.5) is 5.69 Å². The fraction of sp³-hybridized carbons (Fsp3) is 0.364. The number of ether oxygens (including phenoxy) is 1. The second kappa shape index (κ2) is 7.82. The summed E-state index contributed by atoms with van der Waals surface area (Å²) in [5.74, 6) is 0.965. The molecule has 1 atom stereocenters. The maximum absolute atomic E-state index is 12.9. The lowest BCUT2D eigenvalue weighted by atomic mass is 10.0. The molecule has 0 bridgehead atoms. The molecule has 0 radical (unpaired) electrons. The van der Waals surface area contributed by atoms with Crippen molar-refractivity contribution in [3.05, 3.63) is 59.7 Å². The molecule has 5 nitrogen and oxygen atoms in total. The van der Waals surface area contributed by atoms with Gasteiger partial charge in [-0.25, -0.2) is 0 Å². The third-order valence-corrected chi connectivity index (χ3v) is 5.12. The molecular weight excluding hydrogens is 340 g/mol. The summed E-state index contributed by atoms with van der Waals surface area (Å²) in [7, 11) is 1.59. The largest absolute Gasteiger partial charge is 0.497 e. The minimum absolute atomic E-state index is 0.0552. The molecule has 1 fully saturated rings. The van der Waals surface area contributed by atoms with Gasteiger partial charge in [-0.05, 0) is 54.8 Å². The van der Waals surface area contributed by atoms with Crippen LogP contribution in [0.5, 0.6) is 5.75 Å². The first-order valence-corrected chi connectivity index (χ1v) is 9.28. The van der Waals surface area contributed by atoms with E-state index in [1.165, 1.54) is 5.56 Å². The van der Waals surface area contributed by atoms with Crippen LogP contribution in [0.3, 0.4) is 0 Å². The van der Waals surface area contributed by atoms with Crippen molar-refractivity contribution in [1.29, 1.82) is 0 Å². The lowest BCUT2D eigenvalue weighted by Gasteiger charge is -2.39.